The van der Waals surface area contributed by atoms with Gasteiger partial charge in [0.2, 0.25) is 0 Å². The van der Waals surface area contributed by atoms with Gasteiger partial charge in [-0.2, -0.15) is 0 Å². The molecule has 0 amide bonds. The van der Waals surface area contributed by atoms with Gasteiger partial charge in [0, 0.05) is 5.56 Å². The van der Waals surface area contributed by atoms with E-state index < -0.39 is 0 Å². The molecule has 0 N–H and O–H groups in total. The maximum atomic E-state index is 11.7. The largest absolute Gasteiger partial charge is 0.298 e. The van der Waals surface area contributed by atoms with Crippen molar-refractivity contribution >= 4 is 55.5 Å². The second-order valence-corrected chi connectivity index (χ2v) is 7.09. The van der Waals surface area contributed by atoms with Crippen molar-refractivity contribution in [2.24, 2.45) is 0 Å². The van der Waals surface area contributed by atoms with E-state index in [0.717, 1.165) is 22.8 Å². The summed E-state index contributed by atoms with van der Waals surface area (Å²) in [4.78, 5) is 11.7. The number of hydrogen-bond acceptors (Lipinski definition) is 1. The molecule has 0 saturated carbocycles. The molecular formula is C25H18O. The van der Waals surface area contributed by atoms with Gasteiger partial charge in [-0.1, -0.05) is 61.2 Å². The fraction of sp³-hybridized carbons (Fsp3) is 0.0800. The molecule has 5 aromatic carbocycles. The third-order valence-corrected chi connectivity index (χ3v) is 5.73. The van der Waals surface area contributed by atoms with Crippen LogP contribution in [0.1, 0.15) is 27.0 Å². The third kappa shape index (κ3) is 1.72. The molecule has 0 heterocycles. The van der Waals surface area contributed by atoms with Gasteiger partial charge < -0.3 is 0 Å². The molecule has 0 aliphatic carbocycles. The van der Waals surface area contributed by atoms with Crippen molar-refractivity contribution in [2.45, 2.75) is 13.8 Å². The van der Waals surface area contributed by atoms with Gasteiger partial charge in [-0.3, -0.25) is 4.79 Å². The van der Waals surface area contributed by atoms with Crippen molar-refractivity contribution in [1.82, 2.24) is 0 Å². The monoisotopic (exact) mass is 334 g/mol. The summed E-state index contributed by atoms with van der Waals surface area (Å²) in [5.41, 5.74) is 4.33. The van der Waals surface area contributed by atoms with E-state index in [2.05, 4.69) is 62.9 Å². The topological polar surface area (TPSA) is 17.1 Å². The van der Waals surface area contributed by atoms with Crippen LogP contribution in [0.2, 0.25) is 0 Å². The summed E-state index contributed by atoms with van der Waals surface area (Å²) in [7, 11) is 0. The first kappa shape index (κ1) is 15.1. The summed E-state index contributed by atoms with van der Waals surface area (Å²) < 4.78 is 0. The zero-order chi connectivity index (χ0) is 18.0. The van der Waals surface area contributed by atoms with Crippen LogP contribution in [0.4, 0.5) is 0 Å². The summed E-state index contributed by atoms with van der Waals surface area (Å²) in [6.07, 6.45) is 2.91. The average Bonchev–Trinajstić information content (AvgIpc) is 2.67. The number of benzene rings is 5. The molecule has 0 aromatic heterocycles. The molecule has 0 saturated heterocycles. The van der Waals surface area contributed by atoms with Crippen molar-refractivity contribution < 1.29 is 4.79 Å². The number of hydrogen-bond donors (Lipinski definition) is 0. The summed E-state index contributed by atoms with van der Waals surface area (Å²) >= 11 is 0. The second-order valence-electron chi connectivity index (χ2n) is 7.09. The van der Waals surface area contributed by atoms with E-state index in [1.54, 1.807) is 0 Å². The molecule has 0 atom stereocenters. The minimum atomic E-state index is 0.762. The lowest BCUT2D eigenvalue weighted by molar-refractivity contribution is 0.112. The molecule has 26 heavy (non-hydrogen) atoms. The minimum Gasteiger partial charge on any atom is -0.298 e. The van der Waals surface area contributed by atoms with E-state index in [1.165, 1.54) is 48.8 Å². The molecule has 0 unspecified atom stereocenters. The van der Waals surface area contributed by atoms with E-state index in [4.69, 9.17) is 0 Å². The van der Waals surface area contributed by atoms with E-state index in [1.807, 2.05) is 12.1 Å². The van der Waals surface area contributed by atoms with Gasteiger partial charge in [-0.05, 0) is 73.6 Å². The van der Waals surface area contributed by atoms with Crippen LogP contribution < -0.4 is 0 Å². The minimum absolute atomic E-state index is 0.762. The molecule has 1 nitrogen and oxygen atoms in total. The predicted octanol–water partition coefficient (Wildman–Crippen LogP) is 6.81. The first-order valence-corrected chi connectivity index (χ1v) is 8.86. The highest BCUT2D eigenvalue weighted by atomic mass is 16.1. The zero-order valence-electron chi connectivity index (χ0n) is 14.9. The number of carbonyl (C=O) groups is 1. The first-order chi connectivity index (χ1) is 12.7. The van der Waals surface area contributed by atoms with Gasteiger partial charge >= 0.3 is 0 Å². The lowest BCUT2D eigenvalue weighted by Gasteiger charge is -2.18. The molecule has 0 bridgehead atoms. The average molecular weight is 334 g/mol. The predicted molar refractivity (Wildman–Crippen MR) is 113 cm³/mol. The van der Waals surface area contributed by atoms with Gasteiger partial charge in [0.15, 0.2) is 6.29 Å². The van der Waals surface area contributed by atoms with Crippen LogP contribution in [0.15, 0.2) is 55.1 Å². The maximum Gasteiger partial charge on any atom is 0.150 e. The standard InChI is InChI=1S/C25H18O/c1-4-16-7-11-20-21-12-8-17(13-26)23-15(3)6-10-19(25(21)23)18-9-5-14(2)22(16)24(18)20/h4-13H,1H2,2-3H3. The Morgan fingerprint density at radius 2 is 1.04 bits per heavy atom. The van der Waals surface area contributed by atoms with E-state index in [0.29, 0.717) is 0 Å². The van der Waals surface area contributed by atoms with Gasteiger partial charge in [0.1, 0.15) is 0 Å². The molecule has 0 aliphatic heterocycles. The Kier molecular flexibility index (Phi) is 2.99. The van der Waals surface area contributed by atoms with E-state index >= 15 is 0 Å². The maximum absolute atomic E-state index is 11.7. The molecule has 124 valence electrons. The normalized spacial score (nSPS) is 11.8. The Balaban J connectivity index is 2.22. The Morgan fingerprint density at radius 1 is 0.615 bits per heavy atom. The van der Waals surface area contributed by atoms with Crippen molar-refractivity contribution in [3.05, 3.63) is 77.4 Å². The highest BCUT2D eigenvalue weighted by Crippen LogP contribution is 2.43. The second kappa shape index (κ2) is 5.15. The molecular weight excluding hydrogens is 316 g/mol. The summed E-state index contributed by atoms with van der Waals surface area (Å²) in [5.74, 6) is 0. The molecule has 5 aromatic rings. The van der Waals surface area contributed by atoms with Crippen LogP contribution >= 0.6 is 0 Å². The lowest BCUT2D eigenvalue weighted by atomic mass is 9.85. The number of fused-ring (bicyclic) bond motifs is 2. The molecule has 0 radical (unpaired) electrons. The van der Waals surface area contributed by atoms with Crippen LogP contribution in [0.5, 0.6) is 0 Å². The van der Waals surface area contributed by atoms with E-state index in [-0.39, 0.29) is 0 Å². The summed E-state index contributed by atoms with van der Waals surface area (Å²) in [6, 6.07) is 17.1. The molecule has 0 aliphatic rings. The number of aldehydes is 1. The van der Waals surface area contributed by atoms with Crippen LogP contribution in [0, 0.1) is 13.8 Å². The van der Waals surface area contributed by atoms with Crippen LogP contribution in [0.25, 0.3) is 49.2 Å². The molecule has 0 fully saturated rings. The number of aryl methyl sites for hydroxylation is 2. The first-order valence-electron chi connectivity index (χ1n) is 8.86. The number of rotatable bonds is 2. The van der Waals surface area contributed by atoms with Crippen LogP contribution in [0.3, 0.4) is 0 Å². The molecule has 0 spiro atoms. The van der Waals surface area contributed by atoms with Crippen LogP contribution in [-0.2, 0) is 0 Å². The third-order valence-electron chi connectivity index (χ3n) is 5.73. The Morgan fingerprint density at radius 3 is 1.50 bits per heavy atom. The van der Waals surface area contributed by atoms with Crippen molar-refractivity contribution in [3.63, 3.8) is 0 Å². The van der Waals surface area contributed by atoms with Gasteiger partial charge in [-0.15, -0.1) is 0 Å². The Labute approximate surface area is 151 Å². The smallest absolute Gasteiger partial charge is 0.150 e. The number of carbonyl (C=O) groups excluding carboxylic acids is 1. The lowest BCUT2D eigenvalue weighted by Crippen LogP contribution is -1.94. The highest BCUT2D eigenvalue weighted by Gasteiger charge is 2.17. The fourth-order valence-electron chi connectivity index (χ4n) is 4.56. The van der Waals surface area contributed by atoms with Gasteiger partial charge in [-0.25, -0.2) is 0 Å². The van der Waals surface area contributed by atoms with Crippen molar-refractivity contribution in [1.29, 1.82) is 0 Å². The SMILES string of the molecule is C=Cc1ccc2c3ccc(C=O)c4c(C)ccc(c5ccc(C)c1c52)c43. The summed E-state index contributed by atoms with van der Waals surface area (Å²) in [5, 5.41) is 9.73. The highest BCUT2D eigenvalue weighted by molar-refractivity contribution is 6.35. The van der Waals surface area contributed by atoms with Crippen molar-refractivity contribution in [3.8, 4) is 0 Å². The zero-order valence-corrected chi connectivity index (χ0v) is 14.9. The van der Waals surface area contributed by atoms with E-state index in [9.17, 15) is 4.79 Å². The quantitative estimate of drug-likeness (QED) is 0.197. The Hall–Kier alpha value is -3.19. The van der Waals surface area contributed by atoms with Crippen molar-refractivity contribution in [2.75, 3.05) is 0 Å². The van der Waals surface area contributed by atoms with Gasteiger partial charge in [0.25, 0.3) is 0 Å². The van der Waals surface area contributed by atoms with Crippen LogP contribution in [-0.4, -0.2) is 6.29 Å². The molecule has 5 rings (SSSR count). The van der Waals surface area contributed by atoms with Gasteiger partial charge in [0.05, 0.1) is 0 Å². The Bertz CT molecular complexity index is 1240. The molecule has 1 heteroatoms. The summed E-state index contributed by atoms with van der Waals surface area (Å²) in [6.45, 7) is 8.24. The fourth-order valence-corrected chi connectivity index (χ4v) is 4.56.